The zero-order valence-corrected chi connectivity index (χ0v) is 22.7. The van der Waals surface area contributed by atoms with E-state index in [0.29, 0.717) is 11.1 Å². The molecule has 0 saturated heterocycles. The molecule has 7 unspecified atom stereocenters. The lowest BCUT2D eigenvalue weighted by Gasteiger charge is -2.30. The number of phenolic OH excluding ortho intramolecular Hbond substituents is 2. The largest absolute Gasteiger partial charge is 0.508 e. The van der Waals surface area contributed by atoms with Crippen molar-refractivity contribution in [1.29, 1.82) is 0 Å². The van der Waals surface area contributed by atoms with E-state index < -0.39 is 48.3 Å². The summed E-state index contributed by atoms with van der Waals surface area (Å²) in [6.45, 7) is 8.65. The molecule has 2 rings (SSSR count). The predicted octanol–water partition coefficient (Wildman–Crippen LogP) is 3.67. The summed E-state index contributed by atoms with van der Waals surface area (Å²) < 4.78 is 10.9. The van der Waals surface area contributed by atoms with Gasteiger partial charge < -0.3 is 41.0 Å². The number of hydrogen-bond acceptors (Lipinski definition) is 8. The molecule has 1 heterocycles. The first-order valence-electron chi connectivity index (χ1n) is 12.5. The minimum absolute atomic E-state index is 0.00813. The number of amides is 2. The Kier molecular flexibility index (Phi) is 10.9. The van der Waals surface area contributed by atoms with E-state index in [1.165, 1.54) is 19.2 Å². The summed E-state index contributed by atoms with van der Waals surface area (Å²) in [4.78, 5) is 24.4. The Morgan fingerprint density at radius 1 is 1.08 bits per heavy atom. The normalized spacial score (nSPS) is 33.3. The fraction of sp³-hybridized carbons (Fsp3) is 0.500. The highest BCUT2D eigenvalue weighted by molar-refractivity contribution is 6.04. The van der Waals surface area contributed by atoms with Gasteiger partial charge in [0.2, 0.25) is 0 Å². The number of ether oxygens (including phenoxy) is 2. The smallest absolute Gasteiger partial charge is 0.405 e. The van der Waals surface area contributed by atoms with Crippen molar-refractivity contribution in [2.45, 2.75) is 65.5 Å². The zero-order chi connectivity index (χ0) is 28.7. The Hall–Kier alpha value is -3.34. The van der Waals surface area contributed by atoms with Crippen molar-refractivity contribution in [3.8, 4) is 11.5 Å². The number of methoxy groups -OCH3 is 1. The lowest BCUT2D eigenvalue weighted by Crippen LogP contribution is -2.35. The highest BCUT2D eigenvalue weighted by Crippen LogP contribution is 2.41. The van der Waals surface area contributed by atoms with Gasteiger partial charge in [-0.1, -0.05) is 45.1 Å². The highest BCUT2D eigenvalue weighted by atomic mass is 16.6. The lowest BCUT2D eigenvalue weighted by molar-refractivity contribution is -0.112. The predicted molar refractivity (Wildman–Crippen MR) is 143 cm³/mol. The lowest BCUT2D eigenvalue weighted by atomic mass is 9.86. The van der Waals surface area contributed by atoms with Crippen molar-refractivity contribution >= 4 is 17.7 Å². The second-order valence-corrected chi connectivity index (χ2v) is 10.0. The Balaban J connectivity index is 2.60. The molecule has 10 nitrogen and oxygen atoms in total. The number of primary amides is 1. The molecule has 0 fully saturated rings. The minimum atomic E-state index is -1.16. The summed E-state index contributed by atoms with van der Waals surface area (Å²) in [7, 11) is 1.43. The Morgan fingerprint density at radius 3 is 2.34 bits per heavy atom. The molecule has 0 saturated carbocycles. The van der Waals surface area contributed by atoms with Crippen LogP contribution in [0.15, 0.2) is 47.6 Å². The van der Waals surface area contributed by atoms with Crippen LogP contribution in [0.3, 0.4) is 0 Å². The van der Waals surface area contributed by atoms with E-state index in [0.717, 1.165) is 0 Å². The van der Waals surface area contributed by atoms with Crippen LogP contribution < -0.4 is 11.1 Å². The fourth-order valence-corrected chi connectivity index (χ4v) is 4.73. The third-order valence-corrected chi connectivity index (χ3v) is 6.81. The van der Waals surface area contributed by atoms with Gasteiger partial charge >= 0.3 is 6.09 Å². The van der Waals surface area contributed by atoms with Gasteiger partial charge in [-0.25, -0.2) is 4.79 Å². The second kappa shape index (κ2) is 13.5. The first kappa shape index (κ1) is 30.9. The van der Waals surface area contributed by atoms with E-state index >= 15 is 0 Å². The summed E-state index contributed by atoms with van der Waals surface area (Å²) >= 11 is 0. The van der Waals surface area contributed by atoms with Crippen LogP contribution in [0.4, 0.5) is 10.5 Å². The standard InChI is InChI=1S/C28H40N2O8/c1-14-8-7-9-15(2)27(35)30-21-13-19(31)12-20(24(21)34)26(37-6)18(5)11-22(32)23(33)16(3)10-17(4)25(14)38-28(29)36/h7-10,12-14,16,18,22-23,25-26,31-34H,11H2,1-6H3,(H2,29,36)(H,30,35)/b8-7+,15-9+,17-10+. The average molecular weight is 533 g/mol. The van der Waals surface area contributed by atoms with E-state index in [-0.39, 0.29) is 35.1 Å². The maximum absolute atomic E-state index is 12.8. The van der Waals surface area contributed by atoms with Gasteiger partial charge in [0.05, 0.1) is 24.0 Å². The van der Waals surface area contributed by atoms with Crippen molar-refractivity contribution in [1.82, 2.24) is 0 Å². The molecule has 1 aliphatic heterocycles. The number of hydrogen-bond donors (Lipinski definition) is 6. The molecule has 210 valence electrons. The molecule has 0 aliphatic carbocycles. The van der Waals surface area contributed by atoms with Crippen molar-refractivity contribution < 1.29 is 39.5 Å². The van der Waals surface area contributed by atoms with Gasteiger partial charge in [-0.05, 0) is 37.8 Å². The topological polar surface area (TPSA) is 172 Å². The Labute approximate surface area is 223 Å². The number of rotatable bonds is 2. The number of aromatic hydroxyl groups is 2. The number of benzene rings is 1. The van der Waals surface area contributed by atoms with Gasteiger partial charge in [0, 0.05) is 36.1 Å². The van der Waals surface area contributed by atoms with Crippen LogP contribution in [0, 0.1) is 17.8 Å². The molecule has 7 N–H and O–H groups in total. The molecule has 1 aromatic rings. The maximum Gasteiger partial charge on any atom is 0.405 e. The molecule has 38 heavy (non-hydrogen) atoms. The third kappa shape index (κ3) is 7.83. The van der Waals surface area contributed by atoms with Crippen LogP contribution in [-0.2, 0) is 14.3 Å². The molecule has 7 atom stereocenters. The monoisotopic (exact) mass is 532 g/mol. The molecular weight excluding hydrogens is 492 g/mol. The van der Waals surface area contributed by atoms with Crippen molar-refractivity contribution in [2.75, 3.05) is 12.4 Å². The third-order valence-electron chi connectivity index (χ3n) is 6.81. The fourth-order valence-electron chi connectivity index (χ4n) is 4.73. The van der Waals surface area contributed by atoms with Crippen LogP contribution in [-0.4, -0.2) is 57.8 Å². The van der Waals surface area contributed by atoms with E-state index in [1.807, 2.05) is 6.92 Å². The summed E-state index contributed by atoms with van der Waals surface area (Å²) in [6.07, 6.45) is 1.95. The van der Waals surface area contributed by atoms with Crippen LogP contribution in [0.2, 0.25) is 0 Å². The van der Waals surface area contributed by atoms with Gasteiger partial charge in [0.1, 0.15) is 17.6 Å². The van der Waals surface area contributed by atoms with Crippen molar-refractivity contribution in [3.63, 3.8) is 0 Å². The number of allylic oxidation sites excluding steroid dienone is 2. The van der Waals surface area contributed by atoms with Crippen LogP contribution >= 0.6 is 0 Å². The average Bonchev–Trinajstić information content (AvgIpc) is 2.83. The number of anilines is 1. The molecule has 1 aromatic carbocycles. The number of fused-ring (bicyclic) bond motifs is 2. The summed E-state index contributed by atoms with van der Waals surface area (Å²) in [5.41, 5.74) is 6.45. The molecule has 2 amide bonds. The summed E-state index contributed by atoms with van der Waals surface area (Å²) in [5, 5.41) is 45.6. The zero-order valence-electron chi connectivity index (χ0n) is 22.7. The van der Waals surface area contributed by atoms with Crippen LogP contribution in [0.25, 0.3) is 0 Å². The van der Waals surface area contributed by atoms with Crippen LogP contribution in [0.1, 0.15) is 52.7 Å². The first-order valence-corrected chi connectivity index (χ1v) is 12.5. The molecule has 0 spiro atoms. The number of carbonyl (C=O) groups excluding carboxylic acids is 2. The number of nitrogens with two attached hydrogens (primary N) is 1. The quantitative estimate of drug-likeness (QED) is 0.190. The van der Waals surface area contributed by atoms with Gasteiger partial charge in [0.25, 0.3) is 5.91 Å². The Morgan fingerprint density at radius 2 is 1.74 bits per heavy atom. The highest BCUT2D eigenvalue weighted by Gasteiger charge is 2.31. The van der Waals surface area contributed by atoms with Gasteiger partial charge in [-0.15, -0.1) is 0 Å². The number of aliphatic hydroxyl groups is 2. The number of carbonyl (C=O) groups is 2. The van der Waals surface area contributed by atoms with Crippen molar-refractivity contribution in [3.05, 3.63) is 53.1 Å². The van der Waals surface area contributed by atoms with Gasteiger partial charge in [-0.2, -0.15) is 0 Å². The molecule has 0 radical (unpaired) electrons. The first-order chi connectivity index (χ1) is 17.8. The second-order valence-electron chi connectivity index (χ2n) is 10.0. The van der Waals surface area contributed by atoms with E-state index in [4.69, 9.17) is 15.2 Å². The maximum atomic E-state index is 12.8. The molecule has 2 bridgehead atoms. The molecular formula is C28H40N2O8. The van der Waals surface area contributed by atoms with Crippen LogP contribution in [0.5, 0.6) is 11.5 Å². The Bertz CT molecular complexity index is 1100. The van der Waals surface area contributed by atoms with E-state index in [9.17, 15) is 30.0 Å². The van der Waals surface area contributed by atoms with Crippen molar-refractivity contribution in [2.24, 2.45) is 23.5 Å². The molecule has 0 aromatic heterocycles. The molecule has 10 heteroatoms. The number of phenols is 2. The summed E-state index contributed by atoms with van der Waals surface area (Å²) in [6, 6.07) is 2.56. The molecule has 1 aliphatic rings. The van der Waals surface area contributed by atoms with E-state index in [1.54, 1.807) is 52.0 Å². The van der Waals surface area contributed by atoms with Gasteiger partial charge in [0.15, 0.2) is 0 Å². The number of nitrogens with one attached hydrogen (secondary N) is 1. The summed E-state index contributed by atoms with van der Waals surface area (Å²) in [5.74, 6) is -2.26. The van der Waals surface area contributed by atoms with E-state index in [2.05, 4.69) is 5.32 Å². The SMILES string of the molecule is COC1c2cc(O)cc(c2O)NC(=O)/C(C)=C/C=C/C(C)C(OC(N)=O)/C(C)=C/C(C)C(O)C(O)CC1C. The minimum Gasteiger partial charge on any atom is -0.508 e. The van der Waals surface area contributed by atoms with Gasteiger partial charge in [-0.3, -0.25) is 4.79 Å². The number of aliphatic hydroxyl groups excluding tert-OH is 2.